The standard InChI is InChI=1S/C11H8F3N3O2/c1-17-8(11(12,13)14)3-2-7(10(17)19)6-4-5-15-16-9(6)18/h2-5H,1H3,(H,16,18). The van der Waals surface area contributed by atoms with Gasteiger partial charge in [0, 0.05) is 13.2 Å². The lowest BCUT2D eigenvalue weighted by Crippen LogP contribution is -2.27. The van der Waals surface area contributed by atoms with Crippen LogP contribution in [0.3, 0.4) is 0 Å². The normalized spacial score (nSPS) is 11.6. The predicted molar refractivity (Wildman–Crippen MR) is 60.5 cm³/mol. The van der Waals surface area contributed by atoms with Gasteiger partial charge in [-0.05, 0) is 18.2 Å². The van der Waals surface area contributed by atoms with E-state index in [9.17, 15) is 22.8 Å². The van der Waals surface area contributed by atoms with Crippen LogP contribution in [0.5, 0.6) is 0 Å². The van der Waals surface area contributed by atoms with Crippen molar-refractivity contribution in [1.29, 1.82) is 0 Å². The molecule has 0 atom stereocenters. The zero-order valence-corrected chi connectivity index (χ0v) is 9.65. The molecule has 2 rings (SSSR count). The van der Waals surface area contributed by atoms with E-state index in [0.717, 1.165) is 19.2 Å². The lowest BCUT2D eigenvalue weighted by molar-refractivity contribution is -0.143. The predicted octanol–water partition coefficient (Wildman–Crippen LogP) is 1.15. The van der Waals surface area contributed by atoms with Crippen molar-refractivity contribution in [1.82, 2.24) is 14.8 Å². The van der Waals surface area contributed by atoms with E-state index < -0.39 is 23.0 Å². The van der Waals surface area contributed by atoms with Crippen molar-refractivity contribution in [2.75, 3.05) is 0 Å². The number of pyridine rings is 1. The number of hydrogen-bond acceptors (Lipinski definition) is 3. The Kier molecular flexibility index (Phi) is 3.01. The van der Waals surface area contributed by atoms with Gasteiger partial charge in [0.05, 0.1) is 11.1 Å². The van der Waals surface area contributed by atoms with Crippen LogP contribution in [-0.2, 0) is 13.2 Å². The number of aromatic nitrogens is 3. The summed E-state index contributed by atoms with van der Waals surface area (Å²) in [6.45, 7) is 0. The number of halogens is 3. The van der Waals surface area contributed by atoms with Crippen LogP contribution in [0.25, 0.3) is 11.1 Å². The highest BCUT2D eigenvalue weighted by atomic mass is 19.4. The van der Waals surface area contributed by atoms with E-state index in [1.165, 1.54) is 12.3 Å². The Morgan fingerprint density at radius 1 is 1.16 bits per heavy atom. The molecular formula is C11H8F3N3O2. The van der Waals surface area contributed by atoms with Gasteiger partial charge in [-0.15, -0.1) is 0 Å². The summed E-state index contributed by atoms with van der Waals surface area (Å²) in [5.41, 5.74) is -2.75. The van der Waals surface area contributed by atoms with E-state index in [4.69, 9.17) is 0 Å². The molecule has 0 unspecified atom stereocenters. The molecule has 8 heteroatoms. The first-order chi connectivity index (χ1) is 8.82. The molecule has 0 fully saturated rings. The summed E-state index contributed by atoms with van der Waals surface area (Å²) in [5.74, 6) is 0. The van der Waals surface area contributed by atoms with Gasteiger partial charge in [0.15, 0.2) is 0 Å². The maximum atomic E-state index is 12.6. The Morgan fingerprint density at radius 2 is 1.84 bits per heavy atom. The van der Waals surface area contributed by atoms with Crippen LogP contribution < -0.4 is 11.1 Å². The summed E-state index contributed by atoms with van der Waals surface area (Å²) < 4.78 is 38.3. The van der Waals surface area contributed by atoms with Crippen molar-refractivity contribution >= 4 is 0 Å². The van der Waals surface area contributed by atoms with Crippen LogP contribution in [0.2, 0.25) is 0 Å². The van der Waals surface area contributed by atoms with Gasteiger partial charge < -0.3 is 4.57 Å². The van der Waals surface area contributed by atoms with E-state index in [1.54, 1.807) is 0 Å². The molecule has 0 aliphatic rings. The number of aromatic amines is 1. The number of alkyl halides is 3. The average Bonchev–Trinajstić information content (AvgIpc) is 2.32. The first-order valence-electron chi connectivity index (χ1n) is 5.13. The fraction of sp³-hybridized carbons (Fsp3) is 0.182. The lowest BCUT2D eigenvalue weighted by Gasteiger charge is -2.12. The van der Waals surface area contributed by atoms with Gasteiger partial charge in [-0.1, -0.05) is 0 Å². The molecule has 0 saturated carbocycles. The maximum Gasteiger partial charge on any atom is 0.431 e. The minimum Gasteiger partial charge on any atom is -0.307 e. The first kappa shape index (κ1) is 13.1. The maximum absolute atomic E-state index is 12.6. The second-order valence-electron chi connectivity index (χ2n) is 3.79. The van der Waals surface area contributed by atoms with E-state index >= 15 is 0 Å². The number of nitrogens with one attached hydrogen (secondary N) is 1. The van der Waals surface area contributed by atoms with E-state index in [1.807, 2.05) is 0 Å². The van der Waals surface area contributed by atoms with Gasteiger partial charge in [-0.2, -0.15) is 18.3 Å². The van der Waals surface area contributed by atoms with Crippen molar-refractivity contribution in [2.45, 2.75) is 6.18 Å². The monoisotopic (exact) mass is 271 g/mol. The van der Waals surface area contributed by atoms with Crippen LogP contribution in [0, 0.1) is 0 Å². The summed E-state index contributed by atoms with van der Waals surface area (Å²) in [7, 11) is 1.00. The van der Waals surface area contributed by atoms with Crippen LogP contribution in [0.15, 0.2) is 34.0 Å². The van der Waals surface area contributed by atoms with Crippen molar-refractivity contribution in [2.24, 2.45) is 7.05 Å². The van der Waals surface area contributed by atoms with Crippen molar-refractivity contribution in [3.8, 4) is 11.1 Å². The fourth-order valence-corrected chi connectivity index (χ4v) is 1.68. The molecule has 0 saturated heterocycles. The molecular weight excluding hydrogens is 263 g/mol. The van der Waals surface area contributed by atoms with Crippen molar-refractivity contribution < 1.29 is 13.2 Å². The molecule has 0 spiro atoms. The molecule has 2 heterocycles. The van der Waals surface area contributed by atoms with Gasteiger partial charge >= 0.3 is 6.18 Å². The number of rotatable bonds is 1. The van der Waals surface area contributed by atoms with Crippen LogP contribution in [0.4, 0.5) is 13.2 Å². The minimum absolute atomic E-state index is 0.0238. The van der Waals surface area contributed by atoms with Crippen molar-refractivity contribution in [3.05, 3.63) is 50.8 Å². The third-order valence-corrected chi connectivity index (χ3v) is 2.61. The zero-order chi connectivity index (χ0) is 14.2. The van der Waals surface area contributed by atoms with Crippen LogP contribution in [0.1, 0.15) is 5.69 Å². The third-order valence-electron chi connectivity index (χ3n) is 2.61. The SMILES string of the molecule is Cn1c(C(F)(F)F)ccc(-c2ccn[nH]c2=O)c1=O. The zero-order valence-electron chi connectivity index (χ0n) is 9.65. The summed E-state index contributed by atoms with van der Waals surface area (Å²) in [4.78, 5) is 23.4. The molecule has 2 aromatic heterocycles. The fourth-order valence-electron chi connectivity index (χ4n) is 1.68. The second kappa shape index (κ2) is 4.38. The molecule has 0 amide bonds. The van der Waals surface area contributed by atoms with Crippen molar-refractivity contribution in [3.63, 3.8) is 0 Å². The molecule has 1 N–H and O–H groups in total. The highest BCUT2D eigenvalue weighted by molar-refractivity contribution is 5.60. The van der Waals surface area contributed by atoms with E-state index in [0.29, 0.717) is 4.57 Å². The van der Waals surface area contributed by atoms with E-state index in [-0.39, 0.29) is 11.1 Å². The highest BCUT2D eigenvalue weighted by Crippen LogP contribution is 2.28. The summed E-state index contributed by atoms with van der Waals surface area (Å²) in [6.07, 6.45) is -3.38. The number of hydrogen-bond donors (Lipinski definition) is 1. The molecule has 19 heavy (non-hydrogen) atoms. The Morgan fingerprint density at radius 3 is 2.42 bits per heavy atom. The Balaban J connectivity index is 2.71. The van der Waals surface area contributed by atoms with Gasteiger partial charge in [-0.3, -0.25) is 9.59 Å². The summed E-state index contributed by atoms with van der Waals surface area (Å²) in [6, 6.07) is 3.01. The molecule has 0 bridgehead atoms. The minimum atomic E-state index is -4.63. The number of nitrogens with zero attached hydrogens (tertiary/aromatic N) is 2. The largest absolute Gasteiger partial charge is 0.431 e. The Bertz CT molecular complexity index is 731. The van der Waals surface area contributed by atoms with E-state index in [2.05, 4.69) is 10.2 Å². The lowest BCUT2D eigenvalue weighted by atomic mass is 10.1. The molecule has 100 valence electrons. The molecule has 2 aromatic rings. The second-order valence-corrected chi connectivity index (χ2v) is 3.79. The molecule has 0 aliphatic heterocycles. The molecule has 0 aliphatic carbocycles. The molecule has 0 aromatic carbocycles. The third kappa shape index (κ3) is 2.28. The smallest absolute Gasteiger partial charge is 0.307 e. The summed E-state index contributed by atoms with van der Waals surface area (Å²) in [5, 5.41) is 5.57. The number of H-pyrrole nitrogens is 1. The van der Waals surface area contributed by atoms with Gasteiger partial charge in [-0.25, -0.2) is 5.10 Å². The van der Waals surface area contributed by atoms with Crippen LogP contribution in [-0.4, -0.2) is 14.8 Å². The van der Waals surface area contributed by atoms with Crippen LogP contribution >= 0.6 is 0 Å². The van der Waals surface area contributed by atoms with Gasteiger partial charge in [0.1, 0.15) is 5.69 Å². The first-order valence-corrected chi connectivity index (χ1v) is 5.13. The highest BCUT2D eigenvalue weighted by Gasteiger charge is 2.34. The van der Waals surface area contributed by atoms with Gasteiger partial charge in [0.25, 0.3) is 11.1 Å². The van der Waals surface area contributed by atoms with Gasteiger partial charge in [0.2, 0.25) is 0 Å². The average molecular weight is 271 g/mol. The Hall–Kier alpha value is -2.38. The Labute approximate surface area is 104 Å². The topological polar surface area (TPSA) is 67.8 Å². The molecule has 0 radical (unpaired) electrons. The quantitative estimate of drug-likeness (QED) is 0.846. The molecule has 5 nitrogen and oxygen atoms in total. The summed E-state index contributed by atoms with van der Waals surface area (Å²) >= 11 is 0.